The molecule has 0 rings (SSSR count). The van der Waals surface area contributed by atoms with Crippen LogP contribution in [-0.4, -0.2) is 16.1 Å². The molecule has 0 amide bonds. The van der Waals surface area contributed by atoms with Gasteiger partial charge < -0.3 is 4.79 Å². The lowest BCUT2D eigenvalue weighted by molar-refractivity contribution is -0.431. The number of nitro groups is 2. The van der Waals surface area contributed by atoms with Crippen molar-refractivity contribution in [2.75, 3.05) is 0 Å². The Morgan fingerprint density at radius 2 is 1.44 bits per heavy atom. The molecule has 27 heavy (non-hydrogen) atoms. The number of hydrogen-bond acceptors (Lipinski definition) is 5. The standard InChI is InChI=1S/C20H30N2O5/c1-2-3-4-11-14-19(21(24)25)16-17-20(22(26)27)15-12-9-7-5-6-8-10-13-18-23/h5-6,9,12,14,17-18H,2-4,7-8,10-11,13,15-16H2,1H3/b6-5-,12-9-,19-14+,20-17+. The molecule has 150 valence electrons. The molecule has 0 fully saturated rings. The molecule has 0 N–H and O–H groups in total. The topological polar surface area (TPSA) is 103 Å². The fourth-order valence-corrected chi connectivity index (χ4v) is 2.26. The van der Waals surface area contributed by atoms with Crippen molar-refractivity contribution >= 4 is 6.29 Å². The van der Waals surface area contributed by atoms with Gasteiger partial charge in [0.2, 0.25) is 11.4 Å². The summed E-state index contributed by atoms with van der Waals surface area (Å²) >= 11 is 0. The zero-order valence-electron chi connectivity index (χ0n) is 16.0. The van der Waals surface area contributed by atoms with Crippen molar-refractivity contribution in [1.29, 1.82) is 0 Å². The van der Waals surface area contributed by atoms with E-state index in [0.29, 0.717) is 19.3 Å². The lowest BCUT2D eigenvalue weighted by Crippen LogP contribution is -2.01. The molecule has 0 heterocycles. The van der Waals surface area contributed by atoms with E-state index in [1.165, 1.54) is 6.08 Å². The lowest BCUT2D eigenvalue weighted by atomic mass is 10.1. The Hall–Kier alpha value is -2.57. The highest BCUT2D eigenvalue weighted by Crippen LogP contribution is 2.13. The molecule has 0 saturated carbocycles. The Morgan fingerprint density at radius 3 is 2.07 bits per heavy atom. The second-order valence-electron chi connectivity index (χ2n) is 6.09. The summed E-state index contributed by atoms with van der Waals surface area (Å²) in [6, 6.07) is 0. The highest BCUT2D eigenvalue weighted by Gasteiger charge is 2.13. The van der Waals surface area contributed by atoms with E-state index in [2.05, 4.69) is 6.92 Å². The first-order chi connectivity index (χ1) is 13.0. The van der Waals surface area contributed by atoms with Gasteiger partial charge in [-0.25, -0.2) is 0 Å². The van der Waals surface area contributed by atoms with E-state index < -0.39 is 9.85 Å². The molecule has 0 atom stereocenters. The largest absolute Gasteiger partial charge is 0.303 e. The first-order valence-corrected chi connectivity index (χ1v) is 9.43. The van der Waals surface area contributed by atoms with Crippen LogP contribution in [0, 0.1) is 20.2 Å². The molecule has 0 spiro atoms. The van der Waals surface area contributed by atoms with Crippen molar-refractivity contribution in [2.45, 2.75) is 71.1 Å². The summed E-state index contributed by atoms with van der Waals surface area (Å²) in [6.07, 6.45) is 17.7. The van der Waals surface area contributed by atoms with Gasteiger partial charge in [-0.1, -0.05) is 44.1 Å². The highest BCUT2D eigenvalue weighted by atomic mass is 16.6. The molecule has 0 aliphatic carbocycles. The third-order valence-electron chi connectivity index (χ3n) is 3.83. The van der Waals surface area contributed by atoms with E-state index in [1.807, 2.05) is 18.2 Å². The van der Waals surface area contributed by atoms with Gasteiger partial charge in [0.1, 0.15) is 6.29 Å². The second kappa shape index (κ2) is 16.9. The number of aldehydes is 1. The summed E-state index contributed by atoms with van der Waals surface area (Å²) < 4.78 is 0. The Morgan fingerprint density at radius 1 is 0.778 bits per heavy atom. The second-order valence-corrected chi connectivity index (χ2v) is 6.09. The van der Waals surface area contributed by atoms with Crippen molar-refractivity contribution in [2.24, 2.45) is 0 Å². The molecular weight excluding hydrogens is 348 g/mol. The molecule has 0 saturated heterocycles. The van der Waals surface area contributed by atoms with Crippen LogP contribution in [0.2, 0.25) is 0 Å². The summed E-state index contributed by atoms with van der Waals surface area (Å²) in [6.45, 7) is 2.06. The van der Waals surface area contributed by atoms with Crippen LogP contribution >= 0.6 is 0 Å². The van der Waals surface area contributed by atoms with Crippen LogP contribution in [-0.2, 0) is 4.79 Å². The smallest absolute Gasteiger partial charge is 0.246 e. The fraction of sp³-hybridized carbons (Fsp3) is 0.550. The Balaban J connectivity index is 4.54. The maximum Gasteiger partial charge on any atom is 0.246 e. The van der Waals surface area contributed by atoms with Crippen molar-refractivity contribution in [3.05, 3.63) is 68.1 Å². The summed E-state index contributed by atoms with van der Waals surface area (Å²) in [5.41, 5.74) is -0.0322. The zero-order chi connectivity index (χ0) is 20.3. The van der Waals surface area contributed by atoms with Crippen molar-refractivity contribution in [1.82, 2.24) is 0 Å². The molecular formula is C20H30N2O5. The molecule has 0 unspecified atom stereocenters. The van der Waals surface area contributed by atoms with Gasteiger partial charge in [-0.15, -0.1) is 0 Å². The molecule has 7 heteroatoms. The van der Waals surface area contributed by atoms with E-state index in [1.54, 1.807) is 12.2 Å². The quantitative estimate of drug-likeness (QED) is 0.115. The van der Waals surface area contributed by atoms with E-state index in [0.717, 1.165) is 38.4 Å². The third kappa shape index (κ3) is 14.3. The number of nitrogens with zero attached hydrogens (tertiary/aromatic N) is 2. The predicted octanol–water partition coefficient (Wildman–Crippen LogP) is 5.54. The summed E-state index contributed by atoms with van der Waals surface area (Å²) in [5.74, 6) is 0. The van der Waals surface area contributed by atoms with Gasteiger partial charge in [0.15, 0.2) is 0 Å². The molecule has 0 aromatic heterocycles. The molecule has 7 nitrogen and oxygen atoms in total. The minimum absolute atomic E-state index is 0.00712. The molecule has 0 aromatic carbocycles. The number of rotatable bonds is 16. The summed E-state index contributed by atoms with van der Waals surface area (Å²) in [5, 5.41) is 22.2. The molecule has 0 aliphatic heterocycles. The van der Waals surface area contributed by atoms with Gasteiger partial charge >= 0.3 is 0 Å². The number of unbranched alkanes of at least 4 members (excludes halogenated alkanes) is 5. The maximum atomic E-state index is 11.1. The average Bonchev–Trinajstić information content (AvgIpc) is 2.63. The van der Waals surface area contributed by atoms with Crippen molar-refractivity contribution in [3.8, 4) is 0 Å². The molecule has 0 aromatic rings. The van der Waals surface area contributed by atoms with Gasteiger partial charge in [-0.05, 0) is 44.3 Å². The van der Waals surface area contributed by atoms with Gasteiger partial charge in [-0.3, -0.25) is 20.2 Å². The number of hydrogen-bond donors (Lipinski definition) is 0. The molecule has 0 aliphatic rings. The van der Waals surface area contributed by atoms with Gasteiger partial charge in [0.05, 0.1) is 22.7 Å². The minimum atomic E-state index is -0.492. The minimum Gasteiger partial charge on any atom is -0.303 e. The van der Waals surface area contributed by atoms with Crippen LogP contribution in [0.3, 0.4) is 0 Å². The number of carbonyl (C=O) groups excluding carboxylic acids is 1. The normalized spacial score (nSPS) is 12.8. The maximum absolute atomic E-state index is 11.1. The first kappa shape index (κ1) is 24.4. The van der Waals surface area contributed by atoms with Crippen LogP contribution in [0.5, 0.6) is 0 Å². The fourth-order valence-electron chi connectivity index (χ4n) is 2.26. The Bertz CT molecular complexity index is 577. The van der Waals surface area contributed by atoms with Crippen LogP contribution in [0.25, 0.3) is 0 Å². The van der Waals surface area contributed by atoms with Crippen LogP contribution in [0.15, 0.2) is 47.9 Å². The van der Waals surface area contributed by atoms with E-state index in [4.69, 9.17) is 0 Å². The van der Waals surface area contributed by atoms with Crippen LogP contribution in [0.1, 0.15) is 71.1 Å². The predicted molar refractivity (Wildman–Crippen MR) is 106 cm³/mol. The van der Waals surface area contributed by atoms with Gasteiger partial charge in [0.25, 0.3) is 0 Å². The summed E-state index contributed by atoms with van der Waals surface area (Å²) in [7, 11) is 0. The van der Waals surface area contributed by atoms with Crippen molar-refractivity contribution < 1.29 is 14.6 Å². The zero-order valence-corrected chi connectivity index (χ0v) is 16.0. The number of allylic oxidation sites excluding steroid dienone is 6. The SMILES string of the molecule is CCCCC/C=C(\C/C=C(\C/C=C\C/C=C\CCCC=O)[N+](=O)[O-])[N+](=O)[O-]. The van der Waals surface area contributed by atoms with E-state index in [-0.39, 0.29) is 24.2 Å². The third-order valence-corrected chi connectivity index (χ3v) is 3.83. The van der Waals surface area contributed by atoms with Gasteiger partial charge in [0, 0.05) is 6.42 Å². The summed E-state index contributed by atoms with van der Waals surface area (Å²) in [4.78, 5) is 31.4. The van der Waals surface area contributed by atoms with Crippen LogP contribution < -0.4 is 0 Å². The Labute approximate surface area is 160 Å². The molecule has 0 radical (unpaired) electrons. The Kier molecular flexibility index (Phi) is 15.3. The van der Waals surface area contributed by atoms with Gasteiger partial charge in [-0.2, -0.15) is 0 Å². The highest BCUT2D eigenvalue weighted by molar-refractivity contribution is 5.49. The first-order valence-electron chi connectivity index (χ1n) is 9.43. The van der Waals surface area contributed by atoms with Crippen molar-refractivity contribution in [3.63, 3.8) is 0 Å². The van der Waals surface area contributed by atoms with E-state index in [9.17, 15) is 25.0 Å². The lowest BCUT2D eigenvalue weighted by Gasteiger charge is -1.97. The number of carbonyl (C=O) groups is 1. The monoisotopic (exact) mass is 378 g/mol. The molecule has 0 bridgehead atoms. The van der Waals surface area contributed by atoms with E-state index >= 15 is 0 Å². The average molecular weight is 378 g/mol. The van der Waals surface area contributed by atoms with Crippen LogP contribution in [0.4, 0.5) is 0 Å².